The van der Waals surface area contributed by atoms with E-state index in [0.717, 1.165) is 10.5 Å². The van der Waals surface area contributed by atoms with Crippen molar-refractivity contribution >= 4 is 23.8 Å². The topological polar surface area (TPSA) is 111 Å². The number of urea groups is 1. The third-order valence-corrected chi connectivity index (χ3v) is 4.70. The first kappa shape index (κ1) is 23.0. The van der Waals surface area contributed by atoms with Gasteiger partial charge in [-0.1, -0.05) is 42.5 Å². The molecule has 0 aliphatic carbocycles. The van der Waals surface area contributed by atoms with Crippen LogP contribution in [0.15, 0.2) is 54.6 Å². The number of carbonyl (C=O) groups excluding carboxylic acids is 4. The van der Waals surface area contributed by atoms with Crippen molar-refractivity contribution in [2.45, 2.75) is 20.0 Å². The molecule has 3 rings (SSSR count). The molecule has 0 bridgehead atoms. The molecule has 2 aromatic rings. The highest BCUT2D eigenvalue weighted by Gasteiger charge is 2.40. The zero-order chi connectivity index (χ0) is 22.9. The van der Waals surface area contributed by atoms with Crippen molar-refractivity contribution in [3.05, 3.63) is 65.7 Å². The third kappa shape index (κ3) is 6.39. The number of imide groups is 2. The van der Waals surface area contributed by atoms with Gasteiger partial charge < -0.3 is 14.2 Å². The van der Waals surface area contributed by atoms with Crippen molar-refractivity contribution in [3.8, 4) is 5.75 Å². The van der Waals surface area contributed by atoms with Crippen LogP contribution in [0.1, 0.15) is 18.1 Å². The Bertz CT molecular complexity index is 977. The van der Waals surface area contributed by atoms with Crippen LogP contribution in [0.3, 0.4) is 0 Å². The molecule has 0 spiro atoms. The molecule has 1 N–H and O–H groups in total. The summed E-state index contributed by atoms with van der Waals surface area (Å²) in [5.41, 5.74) is 1.73. The lowest BCUT2D eigenvalue weighted by atomic mass is 9.95. The zero-order valence-corrected chi connectivity index (χ0v) is 17.6. The SMILES string of the molecule is CC(=O)OCCOCN1C(=O)NC(=O)C(Cc2cccc(OCc3ccccc3)c2)C1=O. The Hall–Kier alpha value is -3.72. The summed E-state index contributed by atoms with van der Waals surface area (Å²) in [6.07, 6.45) is 0.102. The van der Waals surface area contributed by atoms with Crippen molar-refractivity contribution in [3.63, 3.8) is 0 Å². The molecule has 1 fully saturated rings. The fourth-order valence-electron chi connectivity index (χ4n) is 3.10. The van der Waals surface area contributed by atoms with Crippen LogP contribution in [0.2, 0.25) is 0 Å². The summed E-state index contributed by atoms with van der Waals surface area (Å²) >= 11 is 0. The van der Waals surface area contributed by atoms with E-state index in [2.05, 4.69) is 5.32 Å². The summed E-state index contributed by atoms with van der Waals surface area (Å²) in [5, 5.41) is 2.18. The number of esters is 1. The van der Waals surface area contributed by atoms with Gasteiger partial charge in [-0.05, 0) is 29.7 Å². The molecular weight excluding hydrogens is 416 g/mol. The van der Waals surface area contributed by atoms with Crippen LogP contribution in [0, 0.1) is 5.92 Å². The Morgan fingerprint density at radius 2 is 1.75 bits per heavy atom. The lowest BCUT2D eigenvalue weighted by Gasteiger charge is -2.29. The number of rotatable bonds is 10. The fraction of sp³-hybridized carbons (Fsp3) is 0.304. The highest BCUT2D eigenvalue weighted by atomic mass is 16.6. The Balaban J connectivity index is 1.59. The average Bonchev–Trinajstić information content (AvgIpc) is 2.78. The first-order valence-electron chi connectivity index (χ1n) is 10.1. The first-order valence-corrected chi connectivity index (χ1v) is 10.1. The summed E-state index contributed by atoms with van der Waals surface area (Å²) in [7, 11) is 0. The van der Waals surface area contributed by atoms with Crippen LogP contribution in [-0.2, 0) is 36.9 Å². The summed E-state index contributed by atoms with van der Waals surface area (Å²) in [4.78, 5) is 48.7. The van der Waals surface area contributed by atoms with E-state index in [9.17, 15) is 19.2 Å². The number of barbiturate groups is 1. The number of benzene rings is 2. The molecule has 9 nitrogen and oxygen atoms in total. The Kier molecular flexibility index (Phi) is 7.93. The number of nitrogens with zero attached hydrogens (tertiary/aromatic N) is 1. The monoisotopic (exact) mass is 440 g/mol. The lowest BCUT2D eigenvalue weighted by molar-refractivity contribution is -0.149. The molecular formula is C23H24N2O7. The van der Waals surface area contributed by atoms with Gasteiger partial charge in [-0.2, -0.15) is 0 Å². The Morgan fingerprint density at radius 1 is 1.00 bits per heavy atom. The Labute approximate surface area is 185 Å². The predicted octanol–water partition coefficient (Wildman–Crippen LogP) is 2.04. The highest BCUT2D eigenvalue weighted by Crippen LogP contribution is 2.21. The number of nitrogens with one attached hydrogen (secondary N) is 1. The molecule has 9 heteroatoms. The average molecular weight is 440 g/mol. The van der Waals surface area contributed by atoms with E-state index >= 15 is 0 Å². The number of hydrogen-bond donors (Lipinski definition) is 1. The van der Waals surface area contributed by atoms with E-state index in [0.29, 0.717) is 17.9 Å². The van der Waals surface area contributed by atoms with E-state index in [1.807, 2.05) is 30.3 Å². The number of amides is 4. The van der Waals surface area contributed by atoms with Gasteiger partial charge in [-0.15, -0.1) is 0 Å². The van der Waals surface area contributed by atoms with Crippen LogP contribution in [-0.4, -0.2) is 48.7 Å². The summed E-state index contributed by atoms with van der Waals surface area (Å²) in [6.45, 7) is 1.31. The van der Waals surface area contributed by atoms with Gasteiger partial charge in [-0.25, -0.2) is 9.69 Å². The molecule has 1 unspecified atom stereocenters. The summed E-state index contributed by atoms with van der Waals surface area (Å²) < 4.78 is 15.8. The quantitative estimate of drug-likeness (QED) is 0.342. The van der Waals surface area contributed by atoms with Crippen molar-refractivity contribution in [1.29, 1.82) is 0 Å². The van der Waals surface area contributed by atoms with Gasteiger partial charge in [-0.3, -0.25) is 19.7 Å². The molecule has 0 saturated carbocycles. The second-order valence-electron chi connectivity index (χ2n) is 7.12. The summed E-state index contributed by atoms with van der Waals surface area (Å²) in [5.74, 6) is -2.24. The highest BCUT2D eigenvalue weighted by molar-refractivity contribution is 6.16. The van der Waals surface area contributed by atoms with Gasteiger partial charge in [0, 0.05) is 6.92 Å². The van der Waals surface area contributed by atoms with Gasteiger partial charge in [0.15, 0.2) is 0 Å². The maximum absolute atomic E-state index is 12.8. The lowest BCUT2D eigenvalue weighted by Crippen LogP contribution is -2.58. The molecule has 168 valence electrons. The van der Waals surface area contributed by atoms with E-state index in [1.165, 1.54) is 6.92 Å². The van der Waals surface area contributed by atoms with Crippen LogP contribution in [0.25, 0.3) is 0 Å². The molecule has 32 heavy (non-hydrogen) atoms. The van der Waals surface area contributed by atoms with Gasteiger partial charge in [0.05, 0.1) is 6.61 Å². The maximum atomic E-state index is 12.8. The fourth-order valence-corrected chi connectivity index (χ4v) is 3.10. The molecule has 1 aliphatic heterocycles. The molecule has 0 radical (unpaired) electrons. The van der Waals surface area contributed by atoms with E-state index in [1.54, 1.807) is 24.3 Å². The van der Waals surface area contributed by atoms with Crippen LogP contribution < -0.4 is 10.1 Å². The van der Waals surface area contributed by atoms with E-state index < -0.39 is 29.7 Å². The minimum Gasteiger partial charge on any atom is -0.489 e. The standard InChI is InChI=1S/C23H24N2O7/c1-16(26)31-11-10-30-15-25-22(28)20(21(27)24-23(25)29)13-18-8-5-9-19(12-18)32-14-17-6-3-2-4-7-17/h2-9,12,20H,10-11,13-15H2,1H3,(H,24,27,29). The molecule has 0 aromatic heterocycles. The molecule has 1 saturated heterocycles. The van der Waals surface area contributed by atoms with Crippen LogP contribution in [0.5, 0.6) is 5.75 Å². The second-order valence-corrected chi connectivity index (χ2v) is 7.12. The molecule has 4 amide bonds. The van der Waals surface area contributed by atoms with Crippen molar-refractivity contribution in [2.75, 3.05) is 19.9 Å². The molecule has 1 aliphatic rings. The van der Waals surface area contributed by atoms with Crippen molar-refractivity contribution < 1.29 is 33.4 Å². The first-order chi connectivity index (χ1) is 15.4. The van der Waals surface area contributed by atoms with E-state index in [-0.39, 0.29) is 26.4 Å². The maximum Gasteiger partial charge on any atom is 0.332 e. The van der Waals surface area contributed by atoms with Gasteiger partial charge in [0.1, 0.15) is 31.6 Å². The largest absolute Gasteiger partial charge is 0.489 e. The predicted molar refractivity (Wildman–Crippen MR) is 112 cm³/mol. The zero-order valence-electron chi connectivity index (χ0n) is 17.6. The van der Waals surface area contributed by atoms with Gasteiger partial charge in [0.25, 0.3) is 0 Å². The Morgan fingerprint density at radius 3 is 2.50 bits per heavy atom. The number of carbonyl (C=O) groups is 4. The number of ether oxygens (including phenoxy) is 3. The van der Waals surface area contributed by atoms with Gasteiger partial charge in [0.2, 0.25) is 11.8 Å². The van der Waals surface area contributed by atoms with Crippen LogP contribution in [0.4, 0.5) is 4.79 Å². The second kappa shape index (κ2) is 11.1. The molecule has 1 atom stereocenters. The van der Waals surface area contributed by atoms with Crippen molar-refractivity contribution in [2.24, 2.45) is 5.92 Å². The minimum atomic E-state index is -1.07. The molecule has 1 heterocycles. The third-order valence-electron chi connectivity index (χ3n) is 4.70. The van der Waals surface area contributed by atoms with E-state index in [4.69, 9.17) is 14.2 Å². The van der Waals surface area contributed by atoms with Gasteiger partial charge >= 0.3 is 12.0 Å². The smallest absolute Gasteiger partial charge is 0.332 e. The summed E-state index contributed by atoms with van der Waals surface area (Å²) in [6, 6.07) is 16.0. The number of hydrogen-bond acceptors (Lipinski definition) is 7. The minimum absolute atomic E-state index is 0.00286. The van der Waals surface area contributed by atoms with Crippen LogP contribution >= 0.6 is 0 Å². The van der Waals surface area contributed by atoms with Crippen molar-refractivity contribution in [1.82, 2.24) is 10.2 Å². The molecule has 2 aromatic carbocycles. The normalized spacial score (nSPS) is 16.0.